The largest absolute Gasteiger partial charge is 0.483 e. The standard InChI is InChI=1S/C26H26N4O5S/c1-4-13-34-19-10-8-9-18(14-19)15-27-30-22(31)16-35-21-12-7-6-11-20(21)24-23(25(32)33-5-2)17(3)28-26(36)29-24/h1,6-12,14-15,24H,5,13,16H2,2-3H3,(H,30,31)(H2,28,29,36)/t24-/m1/s1. The van der Waals surface area contributed by atoms with Crippen LogP contribution < -0.4 is 25.5 Å². The molecular weight excluding hydrogens is 480 g/mol. The van der Waals surface area contributed by atoms with Crippen molar-refractivity contribution in [1.29, 1.82) is 0 Å². The topological polar surface area (TPSA) is 110 Å². The first-order valence-corrected chi connectivity index (χ1v) is 11.5. The van der Waals surface area contributed by atoms with Gasteiger partial charge in [-0.1, -0.05) is 36.3 Å². The maximum absolute atomic E-state index is 12.6. The van der Waals surface area contributed by atoms with E-state index in [-0.39, 0.29) is 19.8 Å². The van der Waals surface area contributed by atoms with E-state index in [1.807, 2.05) is 0 Å². The van der Waals surface area contributed by atoms with Crippen LogP contribution in [0.3, 0.4) is 0 Å². The number of benzene rings is 2. The average Bonchev–Trinajstić information content (AvgIpc) is 2.86. The van der Waals surface area contributed by atoms with Crippen LogP contribution in [0.4, 0.5) is 0 Å². The van der Waals surface area contributed by atoms with Crippen molar-refractivity contribution >= 4 is 35.4 Å². The van der Waals surface area contributed by atoms with Gasteiger partial charge in [0.1, 0.15) is 18.1 Å². The van der Waals surface area contributed by atoms with E-state index in [0.717, 1.165) is 5.56 Å². The highest BCUT2D eigenvalue weighted by molar-refractivity contribution is 7.80. The van der Waals surface area contributed by atoms with Gasteiger partial charge in [0.25, 0.3) is 5.91 Å². The number of amides is 1. The van der Waals surface area contributed by atoms with Crippen LogP contribution in [-0.4, -0.2) is 43.0 Å². The smallest absolute Gasteiger partial charge is 0.338 e. The zero-order valence-electron chi connectivity index (χ0n) is 19.9. The zero-order valence-corrected chi connectivity index (χ0v) is 20.7. The highest BCUT2D eigenvalue weighted by Crippen LogP contribution is 2.33. The van der Waals surface area contributed by atoms with Crippen molar-refractivity contribution in [3.8, 4) is 23.8 Å². The Balaban J connectivity index is 1.67. The van der Waals surface area contributed by atoms with Crippen LogP contribution in [0.2, 0.25) is 0 Å². The van der Waals surface area contributed by atoms with Crippen molar-refractivity contribution in [3.05, 3.63) is 70.9 Å². The number of rotatable bonds is 10. The second-order valence-corrected chi connectivity index (χ2v) is 7.88. The van der Waals surface area contributed by atoms with Gasteiger partial charge in [-0.25, -0.2) is 10.2 Å². The number of terminal acetylenes is 1. The van der Waals surface area contributed by atoms with Crippen molar-refractivity contribution < 1.29 is 23.8 Å². The molecule has 0 unspecified atom stereocenters. The molecular formula is C26H26N4O5S. The molecule has 0 fully saturated rings. The number of para-hydroxylation sites is 1. The fourth-order valence-electron chi connectivity index (χ4n) is 3.42. The lowest BCUT2D eigenvalue weighted by Gasteiger charge is -2.30. The number of ether oxygens (including phenoxy) is 3. The first-order valence-electron chi connectivity index (χ1n) is 11.1. The molecule has 1 aliphatic rings. The molecule has 1 amide bonds. The summed E-state index contributed by atoms with van der Waals surface area (Å²) in [6, 6.07) is 13.6. The molecule has 2 aromatic rings. The molecule has 0 aromatic heterocycles. The van der Waals surface area contributed by atoms with Gasteiger partial charge in [0.15, 0.2) is 11.7 Å². The first kappa shape index (κ1) is 26.2. The van der Waals surface area contributed by atoms with Gasteiger partial charge in [0, 0.05) is 11.3 Å². The minimum Gasteiger partial charge on any atom is -0.483 e. The molecule has 186 valence electrons. The molecule has 9 nitrogen and oxygen atoms in total. The normalized spacial score (nSPS) is 14.9. The third kappa shape index (κ3) is 7.07. The summed E-state index contributed by atoms with van der Waals surface area (Å²) in [4.78, 5) is 25.0. The van der Waals surface area contributed by atoms with Gasteiger partial charge in [-0.3, -0.25) is 4.79 Å². The molecule has 0 saturated heterocycles. The van der Waals surface area contributed by atoms with Gasteiger partial charge in [-0.15, -0.1) is 6.42 Å². The van der Waals surface area contributed by atoms with E-state index < -0.39 is 17.9 Å². The van der Waals surface area contributed by atoms with Crippen molar-refractivity contribution in [2.75, 3.05) is 19.8 Å². The number of hydrogen-bond acceptors (Lipinski definition) is 7. The second-order valence-electron chi connectivity index (χ2n) is 7.48. The predicted octanol–water partition coefficient (Wildman–Crippen LogP) is 2.58. The number of hydrogen-bond donors (Lipinski definition) is 3. The maximum atomic E-state index is 12.6. The average molecular weight is 507 g/mol. The third-order valence-electron chi connectivity index (χ3n) is 4.94. The van der Waals surface area contributed by atoms with Crippen molar-refractivity contribution in [1.82, 2.24) is 16.1 Å². The molecule has 2 aromatic carbocycles. The van der Waals surface area contributed by atoms with E-state index in [4.69, 9.17) is 32.9 Å². The highest BCUT2D eigenvalue weighted by Gasteiger charge is 2.32. The Morgan fingerprint density at radius 2 is 2.03 bits per heavy atom. The van der Waals surface area contributed by atoms with Crippen LogP contribution in [0.25, 0.3) is 0 Å². The van der Waals surface area contributed by atoms with Crippen molar-refractivity contribution in [2.45, 2.75) is 19.9 Å². The second kappa shape index (κ2) is 12.9. The van der Waals surface area contributed by atoms with Gasteiger partial charge in [0.05, 0.1) is 24.4 Å². The summed E-state index contributed by atoms with van der Waals surface area (Å²) in [6.45, 7) is 3.57. The lowest BCUT2D eigenvalue weighted by atomic mass is 9.95. The van der Waals surface area contributed by atoms with Gasteiger partial charge in [-0.2, -0.15) is 5.10 Å². The summed E-state index contributed by atoms with van der Waals surface area (Å²) < 4.78 is 16.4. The van der Waals surface area contributed by atoms with E-state index in [0.29, 0.717) is 33.4 Å². The van der Waals surface area contributed by atoms with Gasteiger partial charge in [-0.05, 0) is 49.8 Å². The Labute approximate surface area is 214 Å². The summed E-state index contributed by atoms with van der Waals surface area (Å²) in [5, 5.41) is 10.4. The summed E-state index contributed by atoms with van der Waals surface area (Å²) >= 11 is 5.28. The van der Waals surface area contributed by atoms with Gasteiger partial charge >= 0.3 is 5.97 Å². The molecule has 1 aliphatic heterocycles. The number of nitrogens with zero attached hydrogens (tertiary/aromatic N) is 1. The minimum atomic E-state index is -0.612. The summed E-state index contributed by atoms with van der Waals surface area (Å²) in [6.07, 6.45) is 6.68. The van der Waals surface area contributed by atoms with Crippen LogP contribution in [0.5, 0.6) is 11.5 Å². The molecule has 1 heterocycles. The first-order chi connectivity index (χ1) is 17.4. The lowest BCUT2D eigenvalue weighted by Crippen LogP contribution is -2.45. The number of thiocarbonyl (C=S) groups is 1. The Bertz CT molecular complexity index is 1230. The molecule has 36 heavy (non-hydrogen) atoms. The van der Waals surface area contributed by atoms with Gasteiger partial charge in [0.2, 0.25) is 0 Å². The fourth-order valence-corrected chi connectivity index (χ4v) is 3.69. The Hall–Kier alpha value is -4.36. The SMILES string of the molecule is C#CCOc1cccc(C=NNC(=O)COc2ccccc2[C@H]2NC(=S)NC(C)=C2C(=O)OCC)c1. The van der Waals surface area contributed by atoms with E-state index in [2.05, 4.69) is 27.1 Å². The predicted molar refractivity (Wildman–Crippen MR) is 139 cm³/mol. The van der Waals surface area contributed by atoms with Crippen molar-refractivity contribution in [3.63, 3.8) is 0 Å². The van der Waals surface area contributed by atoms with Crippen LogP contribution in [0.15, 0.2) is 64.9 Å². The number of esters is 1. The lowest BCUT2D eigenvalue weighted by molar-refractivity contribution is -0.139. The minimum absolute atomic E-state index is 0.158. The van der Waals surface area contributed by atoms with Crippen LogP contribution >= 0.6 is 12.2 Å². The number of allylic oxidation sites excluding steroid dienone is 1. The monoisotopic (exact) mass is 506 g/mol. The Kier molecular flexibility index (Phi) is 9.42. The zero-order chi connectivity index (χ0) is 25.9. The van der Waals surface area contributed by atoms with E-state index >= 15 is 0 Å². The van der Waals surface area contributed by atoms with Crippen LogP contribution in [0, 0.1) is 12.3 Å². The van der Waals surface area contributed by atoms with E-state index in [1.165, 1.54) is 6.21 Å². The molecule has 0 bridgehead atoms. The summed E-state index contributed by atoms with van der Waals surface area (Å²) in [7, 11) is 0. The molecule has 0 radical (unpaired) electrons. The maximum Gasteiger partial charge on any atom is 0.338 e. The third-order valence-corrected chi connectivity index (χ3v) is 5.16. The van der Waals surface area contributed by atoms with Crippen molar-refractivity contribution in [2.24, 2.45) is 5.10 Å². The van der Waals surface area contributed by atoms with E-state index in [9.17, 15) is 9.59 Å². The number of carbonyl (C=O) groups is 2. The Morgan fingerprint density at radius 1 is 1.22 bits per heavy atom. The number of carbonyl (C=O) groups excluding carboxylic acids is 2. The molecule has 0 spiro atoms. The molecule has 0 aliphatic carbocycles. The molecule has 3 N–H and O–H groups in total. The number of hydrazone groups is 1. The molecule has 3 rings (SSSR count). The van der Waals surface area contributed by atoms with Crippen LogP contribution in [-0.2, 0) is 14.3 Å². The fraction of sp³-hybridized carbons (Fsp3) is 0.231. The van der Waals surface area contributed by atoms with Gasteiger partial charge < -0.3 is 24.8 Å². The van der Waals surface area contributed by atoms with E-state index in [1.54, 1.807) is 62.4 Å². The number of nitrogens with one attached hydrogen (secondary N) is 3. The molecule has 0 saturated carbocycles. The summed E-state index contributed by atoms with van der Waals surface area (Å²) in [5.41, 5.74) is 4.73. The quantitative estimate of drug-likeness (QED) is 0.148. The molecule has 1 atom stereocenters. The Morgan fingerprint density at radius 3 is 2.81 bits per heavy atom. The highest BCUT2D eigenvalue weighted by atomic mass is 32.1. The summed E-state index contributed by atoms with van der Waals surface area (Å²) in [5.74, 6) is 2.47. The molecule has 10 heteroatoms. The van der Waals surface area contributed by atoms with Crippen LogP contribution in [0.1, 0.15) is 31.0 Å².